The normalized spacial score (nSPS) is 10.1. The fraction of sp³-hybridized carbons (Fsp3) is 0.222. The van der Waals surface area contributed by atoms with E-state index in [1.165, 1.54) is 0 Å². The first-order valence-electron chi connectivity index (χ1n) is 7.72. The first-order chi connectivity index (χ1) is 11.5. The van der Waals surface area contributed by atoms with Gasteiger partial charge in [-0.05, 0) is 55.3 Å². The fourth-order valence-electron chi connectivity index (χ4n) is 2.06. The number of halogens is 1. The van der Waals surface area contributed by atoms with Crippen LogP contribution in [0.25, 0.3) is 0 Å². The Kier molecular flexibility index (Phi) is 6.21. The number of anilines is 2. The zero-order chi connectivity index (χ0) is 17.5. The Hall–Kier alpha value is -2.53. The van der Waals surface area contributed by atoms with Crippen LogP contribution in [0, 0.1) is 6.92 Å². The summed E-state index contributed by atoms with van der Waals surface area (Å²) in [5.74, 6) is -0.123. The van der Waals surface area contributed by atoms with Crippen molar-refractivity contribution in [2.45, 2.75) is 20.3 Å². The molecule has 0 fully saturated rings. The minimum absolute atomic E-state index is 0.123. The van der Waals surface area contributed by atoms with Gasteiger partial charge in [-0.3, -0.25) is 4.79 Å². The number of nitrogens with one attached hydrogen (secondary N) is 3. The molecule has 0 saturated carbocycles. The summed E-state index contributed by atoms with van der Waals surface area (Å²) in [7, 11) is 0. The topological polar surface area (TPSA) is 70.2 Å². The van der Waals surface area contributed by atoms with Gasteiger partial charge < -0.3 is 16.0 Å². The maximum Gasteiger partial charge on any atom is 0.323 e. The van der Waals surface area contributed by atoms with Crippen molar-refractivity contribution in [1.29, 1.82) is 0 Å². The Morgan fingerprint density at radius 1 is 1.04 bits per heavy atom. The molecule has 0 aliphatic carbocycles. The molecule has 2 aromatic rings. The minimum Gasteiger partial charge on any atom is -0.352 e. The van der Waals surface area contributed by atoms with Crippen LogP contribution in [0.1, 0.15) is 29.3 Å². The lowest BCUT2D eigenvalue weighted by Gasteiger charge is -2.11. The quantitative estimate of drug-likeness (QED) is 0.750. The molecule has 2 rings (SSSR count). The molecule has 0 aromatic heterocycles. The van der Waals surface area contributed by atoms with Crippen molar-refractivity contribution in [3.8, 4) is 0 Å². The summed E-state index contributed by atoms with van der Waals surface area (Å²) >= 11 is 5.93. The number of carbonyl (C=O) groups is 2. The van der Waals surface area contributed by atoms with E-state index in [1.807, 2.05) is 19.9 Å². The van der Waals surface area contributed by atoms with E-state index in [2.05, 4.69) is 16.0 Å². The molecule has 0 atom stereocenters. The molecular formula is C18H20ClN3O2. The maximum absolute atomic E-state index is 12.1. The van der Waals surface area contributed by atoms with Crippen molar-refractivity contribution < 1.29 is 9.59 Å². The Morgan fingerprint density at radius 3 is 2.42 bits per heavy atom. The number of benzene rings is 2. The van der Waals surface area contributed by atoms with Crippen LogP contribution in [-0.2, 0) is 0 Å². The summed E-state index contributed by atoms with van der Waals surface area (Å²) in [6.07, 6.45) is 0.883. The number of carbonyl (C=O) groups excluding carboxylic acids is 2. The molecule has 0 radical (unpaired) electrons. The summed E-state index contributed by atoms with van der Waals surface area (Å²) in [6, 6.07) is 11.6. The van der Waals surface area contributed by atoms with Gasteiger partial charge in [-0.2, -0.15) is 0 Å². The van der Waals surface area contributed by atoms with Crippen LogP contribution < -0.4 is 16.0 Å². The van der Waals surface area contributed by atoms with E-state index in [1.54, 1.807) is 36.4 Å². The van der Waals surface area contributed by atoms with Crippen LogP contribution in [0.5, 0.6) is 0 Å². The summed E-state index contributed by atoms with van der Waals surface area (Å²) < 4.78 is 0. The van der Waals surface area contributed by atoms with Gasteiger partial charge in [-0.15, -0.1) is 0 Å². The number of urea groups is 1. The summed E-state index contributed by atoms with van der Waals surface area (Å²) in [4.78, 5) is 23.9. The van der Waals surface area contributed by atoms with E-state index in [-0.39, 0.29) is 11.9 Å². The first-order valence-corrected chi connectivity index (χ1v) is 8.10. The van der Waals surface area contributed by atoms with Crippen molar-refractivity contribution in [2.24, 2.45) is 0 Å². The average Bonchev–Trinajstić information content (AvgIpc) is 2.56. The van der Waals surface area contributed by atoms with Crippen LogP contribution in [0.3, 0.4) is 0 Å². The van der Waals surface area contributed by atoms with E-state index in [0.29, 0.717) is 28.5 Å². The van der Waals surface area contributed by atoms with Gasteiger partial charge in [0.15, 0.2) is 0 Å². The summed E-state index contributed by atoms with van der Waals surface area (Å²) in [6.45, 7) is 4.52. The van der Waals surface area contributed by atoms with Gasteiger partial charge in [0.25, 0.3) is 5.91 Å². The van der Waals surface area contributed by atoms with Gasteiger partial charge in [-0.1, -0.05) is 24.6 Å². The van der Waals surface area contributed by atoms with E-state index in [0.717, 1.165) is 12.0 Å². The maximum atomic E-state index is 12.1. The SMILES string of the molecule is CCCNC(=O)c1ccc(NC(=O)Nc2cc(Cl)ccc2C)cc1. The zero-order valence-electron chi connectivity index (χ0n) is 13.7. The van der Waals surface area contributed by atoms with Crippen LogP contribution in [0.15, 0.2) is 42.5 Å². The summed E-state index contributed by atoms with van der Waals surface area (Å²) in [5, 5.41) is 8.83. The molecule has 0 aliphatic heterocycles. The van der Waals surface area contributed by atoms with E-state index >= 15 is 0 Å². The van der Waals surface area contributed by atoms with E-state index in [9.17, 15) is 9.59 Å². The second-order valence-electron chi connectivity index (χ2n) is 5.37. The van der Waals surface area contributed by atoms with Crippen molar-refractivity contribution in [3.05, 3.63) is 58.6 Å². The monoisotopic (exact) mass is 345 g/mol. The number of hydrogen-bond acceptors (Lipinski definition) is 2. The molecule has 3 N–H and O–H groups in total. The Morgan fingerprint density at radius 2 is 1.75 bits per heavy atom. The molecule has 0 heterocycles. The van der Waals surface area contributed by atoms with E-state index < -0.39 is 0 Å². The third-order valence-corrected chi connectivity index (χ3v) is 3.62. The predicted octanol–water partition coefficient (Wildman–Crippen LogP) is 4.43. The lowest BCUT2D eigenvalue weighted by atomic mass is 10.2. The van der Waals surface area contributed by atoms with Crippen LogP contribution in [0.4, 0.5) is 16.2 Å². The highest BCUT2D eigenvalue weighted by molar-refractivity contribution is 6.31. The molecule has 0 spiro atoms. The van der Waals surface area contributed by atoms with E-state index in [4.69, 9.17) is 11.6 Å². The second kappa shape index (κ2) is 8.36. The number of amides is 3. The van der Waals surface area contributed by atoms with Crippen LogP contribution in [-0.4, -0.2) is 18.5 Å². The third-order valence-electron chi connectivity index (χ3n) is 3.39. The second-order valence-corrected chi connectivity index (χ2v) is 5.81. The molecule has 2 aromatic carbocycles. The number of aryl methyl sites for hydroxylation is 1. The standard InChI is InChI=1S/C18H20ClN3O2/c1-3-10-20-17(23)13-5-8-15(9-6-13)21-18(24)22-16-11-14(19)7-4-12(16)2/h4-9,11H,3,10H2,1-2H3,(H,20,23)(H2,21,22,24). The smallest absolute Gasteiger partial charge is 0.323 e. The van der Waals surface area contributed by atoms with Gasteiger partial charge in [0, 0.05) is 28.5 Å². The number of rotatable bonds is 5. The largest absolute Gasteiger partial charge is 0.352 e. The molecule has 6 heteroatoms. The first kappa shape index (κ1) is 17.8. The molecule has 126 valence electrons. The Bertz CT molecular complexity index is 730. The zero-order valence-corrected chi connectivity index (χ0v) is 14.4. The Balaban J connectivity index is 1.97. The molecule has 24 heavy (non-hydrogen) atoms. The van der Waals surface area contributed by atoms with Gasteiger partial charge in [0.2, 0.25) is 0 Å². The molecular weight excluding hydrogens is 326 g/mol. The van der Waals surface area contributed by atoms with Gasteiger partial charge >= 0.3 is 6.03 Å². The molecule has 5 nitrogen and oxygen atoms in total. The minimum atomic E-state index is -0.372. The predicted molar refractivity (Wildman–Crippen MR) is 97.9 cm³/mol. The number of hydrogen-bond donors (Lipinski definition) is 3. The molecule has 0 unspecified atom stereocenters. The third kappa shape index (κ3) is 4.99. The fourth-order valence-corrected chi connectivity index (χ4v) is 2.23. The lowest BCUT2D eigenvalue weighted by molar-refractivity contribution is 0.0953. The van der Waals surface area contributed by atoms with Gasteiger partial charge in [0.05, 0.1) is 0 Å². The molecule has 3 amide bonds. The van der Waals surface area contributed by atoms with Crippen molar-refractivity contribution in [1.82, 2.24) is 5.32 Å². The van der Waals surface area contributed by atoms with Crippen molar-refractivity contribution in [3.63, 3.8) is 0 Å². The van der Waals surface area contributed by atoms with Crippen LogP contribution in [0.2, 0.25) is 5.02 Å². The van der Waals surface area contributed by atoms with Crippen LogP contribution >= 0.6 is 11.6 Å². The highest BCUT2D eigenvalue weighted by Gasteiger charge is 2.07. The van der Waals surface area contributed by atoms with Gasteiger partial charge in [0.1, 0.15) is 0 Å². The molecule has 0 saturated heterocycles. The average molecular weight is 346 g/mol. The molecule has 0 bridgehead atoms. The Labute approximate surface area is 146 Å². The highest BCUT2D eigenvalue weighted by atomic mass is 35.5. The van der Waals surface area contributed by atoms with Crippen molar-refractivity contribution >= 4 is 34.9 Å². The summed E-state index contributed by atoms with van der Waals surface area (Å²) in [5.41, 5.74) is 2.72. The van der Waals surface area contributed by atoms with Gasteiger partial charge in [-0.25, -0.2) is 4.79 Å². The van der Waals surface area contributed by atoms with Crippen molar-refractivity contribution in [2.75, 3.05) is 17.2 Å². The molecule has 0 aliphatic rings. The highest BCUT2D eigenvalue weighted by Crippen LogP contribution is 2.20. The lowest BCUT2D eigenvalue weighted by Crippen LogP contribution is -2.24.